The first-order valence-electron chi connectivity index (χ1n) is 5.74. The van der Waals surface area contributed by atoms with Gasteiger partial charge in [0.2, 0.25) is 0 Å². The third-order valence-corrected chi connectivity index (χ3v) is 3.17. The maximum atomic E-state index is 11.2. The Morgan fingerprint density at radius 3 is 2.82 bits per heavy atom. The number of pyridine rings is 1. The minimum atomic E-state index is -0.980. The summed E-state index contributed by atoms with van der Waals surface area (Å²) in [7, 11) is 0. The van der Waals surface area contributed by atoms with Gasteiger partial charge in [0.05, 0.1) is 11.9 Å². The van der Waals surface area contributed by atoms with Crippen LogP contribution in [0.2, 0.25) is 0 Å². The van der Waals surface area contributed by atoms with E-state index in [4.69, 9.17) is 5.73 Å². The van der Waals surface area contributed by atoms with Gasteiger partial charge in [-0.25, -0.2) is 9.78 Å². The summed E-state index contributed by atoms with van der Waals surface area (Å²) in [6.07, 6.45) is 2.57. The molecule has 2 rings (SSSR count). The van der Waals surface area contributed by atoms with Crippen molar-refractivity contribution in [1.29, 1.82) is 0 Å². The van der Waals surface area contributed by atoms with Crippen LogP contribution in [0.5, 0.6) is 0 Å². The van der Waals surface area contributed by atoms with Crippen molar-refractivity contribution in [3.8, 4) is 0 Å². The highest BCUT2D eigenvalue weighted by atomic mass is 16.4. The fourth-order valence-corrected chi connectivity index (χ4v) is 2.45. The van der Waals surface area contributed by atoms with E-state index < -0.39 is 5.97 Å². The fraction of sp³-hybridized carbons (Fsp3) is 0.500. The number of nitrogens with two attached hydrogens (primary N) is 1. The SMILES string of the molecule is CC1CC(C)N(c2ncc(N)cc2C(=O)O)C1. The Kier molecular flexibility index (Phi) is 2.92. The largest absolute Gasteiger partial charge is 0.478 e. The smallest absolute Gasteiger partial charge is 0.339 e. The zero-order valence-electron chi connectivity index (χ0n) is 10.1. The van der Waals surface area contributed by atoms with Crippen molar-refractivity contribution in [2.45, 2.75) is 26.3 Å². The molecule has 92 valence electrons. The van der Waals surface area contributed by atoms with E-state index in [0.717, 1.165) is 13.0 Å². The molecule has 1 aromatic rings. The molecule has 0 aromatic carbocycles. The lowest BCUT2D eigenvalue weighted by molar-refractivity contribution is 0.0697. The minimum Gasteiger partial charge on any atom is -0.478 e. The summed E-state index contributed by atoms with van der Waals surface area (Å²) in [6.45, 7) is 5.10. The van der Waals surface area contributed by atoms with E-state index in [1.54, 1.807) is 0 Å². The van der Waals surface area contributed by atoms with E-state index >= 15 is 0 Å². The van der Waals surface area contributed by atoms with Crippen LogP contribution >= 0.6 is 0 Å². The van der Waals surface area contributed by atoms with E-state index in [9.17, 15) is 9.90 Å². The highest BCUT2D eigenvalue weighted by molar-refractivity contribution is 5.94. The minimum absolute atomic E-state index is 0.186. The van der Waals surface area contributed by atoms with Crippen LogP contribution in [0.4, 0.5) is 11.5 Å². The summed E-state index contributed by atoms with van der Waals surface area (Å²) >= 11 is 0. The molecule has 1 aromatic heterocycles. The molecular weight excluding hydrogens is 218 g/mol. The van der Waals surface area contributed by atoms with Crippen molar-refractivity contribution in [2.24, 2.45) is 5.92 Å². The summed E-state index contributed by atoms with van der Waals surface area (Å²) in [5, 5.41) is 9.18. The molecule has 1 saturated heterocycles. The summed E-state index contributed by atoms with van der Waals surface area (Å²) < 4.78 is 0. The van der Waals surface area contributed by atoms with Crippen LogP contribution in [0.1, 0.15) is 30.6 Å². The first kappa shape index (κ1) is 11.7. The zero-order valence-corrected chi connectivity index (χ0v) is 10.1. The normalized spacial score (nSPS) is 24.0. The molecule has 1 aliphatic heterocycles. The highest BCUT2D eigenvalue weighted by Gasteiger charge is 2.30. The third-order valence-electron chi connectivity index (χ3n) is 3.17. The Bertz CT molecular complexity index is 447. The molecule has 2 heterocycles. The van der Waals surface area contributed by atoms with Gasteiger partial charge in [0.25, 0.3) is 0 Å². The van der Waals surface area contributed by atoms with Gasteiger partial charge in [0.15, 0.2) is 0 Å². The molecule has 3 N–H and O–H groups in total. The Morgan fingerprint density at radius 1 is 1.59 bits per heavy atom. The molecule has 2 unspecified atom stereocenters. The molecular formula is C12H17N3O2. The van der Waals surface area contributed by atoms with E-state index in [0.29, 0.717) is 23.5 Å². The molecule has 0 amide bonds. The molecule has 0 bridgehead atoms. The quantitative estimate of drug-likeness (QED) is 0.813. The number of carboxylic acid groups (broad SMARTS) is 1. The van der Waals surface area contributed by atoms with Gasteiger partial charge in [0, 0.05) is 12.6 Å². The maximum absolute atomic E-state index is 11.2. The molecule has 0 aliphatic carbocycles. The van der Waals surface area contributed by atoms with Crippen molar-refractivity contribution < 1.29 is 9.90 Å². The first-order valence-corrected chi connectivity index (χ1v) is 5.74. The molecule has 0 saturated carbocycles. The molecule has 1 aliphatic rings. The number of rotatable bonds is 2. The molecule has 5 heteroatoms. The number of aromatic nitrogens is 1. The zero-order chi connectivity index (χ0) is 12.6. The van der Waals surface area contributed by atoms with E-state index in [2.05, 4.69) is 18.8 Å². The van der Waals surface area contributed by atoms with Crippen molar-refractivity contribution in [3.63, 3.8) is 0 Å². The van der Waals surface area contributed by atoms with Crippen LogP contribution in [-0.4, -0.2) is 28.6 Å². The standard InChI is InChI=1S/C12H17N3O2/c1-7-3-8(2)15(6-7)11-10(12(16)17)4-9(13)5-14-11/h4-5,7-8H,3,6,13H2,1-2H3,(H,16,17). The van der Waals surface area contributed by atoms with Crippen molar-refractivity contribution in [2.75, 3.05) is 17.2 Å². The van der Waals surface area contributed by atoms with Gasteiger partial charge in [-0.1, -0.05) is 6.92 Å². The number of anilines is 2. The number of aromatic carboxylic acids is 1. The summed E-state index contributed by atoms with van der Waals surface area (Å²) in [5.41, 5.74) is 6.15. The van der Waals surface area contributed by atoms with Crippen LogP contribution in [-0.2, 0) is 0 Å². The second kappa shape index (κ2) is 4.24. The van der Waals surface area contributed by atoms with Gasteiger partial charge in [0.1, 0.15) is 11.4 Å². The van der Waals surface area contributed by atoms with Crippen molar-refractivity contribution >= 4 is 17.5 Å². The lowest BCUT2D eigenvalue weighted by Crippen LogP contribution is -2.29. The summed E-state index contributed by atoms with van der Waals surface area (Å²) in [5.74, 6) is 0.112. The van der Waals surface area contributed by atoms with Crippen molar-refractivity contribution in [1.82, 2.24) is 4.98 Å². The van der Waals surface area contributed by atoms with Gasteiger partial charge in [-0.2, -0.15) is 0 Å². The van der Waals surface area contributed by atoms with Crippen LogP contribution in [0.25, 0.3) is 0 Å². The van der Waals surface area contributed by atoms with Gasteiger partial charge in [-0.05, 0) is 25.3 Å². The van der Waals surface area contributed by atoms with E-state index in [-0.39, 0.29) is 5.56 Å². The Labute approximate surface area is 100 Å². The topological polar surface area (TPSA) is 79.5 Å². The second-order valence-electron chi connectivity index (χ2n) is 4.79. The number of carbonyl (C=O) groups is 1. The fourth-order valence-electron chi connectivity index (χ4n) is 2.45. The number of nitrogen functional groups attached to an aromatic ring is 1. The van der Waals surface area contributed by atoms with Gasteiger partial charge < -0.3 is 15.7 Å². The van der Waals surface area contributed by atoms with Gasteiger partial charge in [-0.15, -0.1) is 0 Å². The van der Waals surface area contributed by atoms with Gasteiger partial charge in [-0.3, -0.25) is 0 Å². The number of hydrogen-bond acceptors (Lipinski definition) is 4. The van der Waals surface area contributed by atoms with Gasteiger partial charge >= 0.3 is 5.97 Å². The van der Waals surface area contributed by atoms with Crippen LogP contribution in [0.3, 0.4) is 0 Å². The average molecular weight is 235 g/mol. The number of nitrogens with zero attached hydrogens (tertiary/aromatic N) is 2. The molecule has 5 nitrogen and oxygen atoms in total. The summed E-state index contributed by atoms with van der Waals surface area (Å²) in [6, 6.07) is 1.79. The van der Waals surface area contributed by atoms with Crippen LogP contribution in [0, 0.1) is 5.92 Å². The monoisotopic (exact) mass is 235 g/mol. The predicted molar refractivity (Wildman–Crippen MR) is 66.2 cm³/mol. The molecule has 17 heavy (non-hydrogen) atoms. The average Bonchev–Trinajstić information content (AvgIpc) is 2.57. The number of carboxylic acids is 1. The lowest BCUT2D eigenvalue weighted by Gasteiger charge is -2.24. The third kappa shape index (κ3) is 2.18. The highest BCUT2D eigenvalue weighted by Crippen LogP contribution is 2.30. The van der Waals surface area contributed by atoms with Crippen molar-refractivity contribution in [3.05, 3.63) is 17.8 Å². The Balaban J connectivity index is 2.41. The molecule has 1 fully saturated rings. The second-order valence-corrected chi connectivity index (χ2v) is 4.79. The Hall–Kier alpha value is -1.78. The lowest BCUT2D eigenvalue weighted by atomic mass is 10.1. The van der Waals surface area contributed by atoms with Crippen LogP contribution < -0.4 is 10.6 Å². The van der Waals surface area contributed by atoms with Crippen LogP contribution in [0.15, 0.2) is 12.3 Å². The number of hydrogen-bond donors (Lipinski definition) is 2. The van der Waals surface area contributed by atoms with E-state index in [1.807, 2.05) is 4.90 Å². The Morgan fingerprint density at radius 2 is 2.29 bits per heavy atom. The maximum Gasteiger partial charge on any atom is 0.339 e. The summed E-state index contributed by atoms with van der Waals surface area (Å²) in [4.78, 5) is 17.4. The molecule has 0 spiro atoms. The molecule has 2 atom stereocenters. The van der Waals surface area contributed by atoms with E-state index in [1.165, 1.54) is 12.3 Å². The predicted octanol–water partition coefficient (Wildman–Crippen LogP) is 1.60. The first-order chi connectivity index (χ1) is 7.99. The molecule has 0 radical (unpaired) electrons.